The summed E-state index contributed by atoms with van der Waals surface area (Å²) in [6, 6.07) is 8.34. The quantitative estimate of drug-likeness (QED) is 0.601. The van der Waals surface area contributed by atoms with Gasteiger partial charge in [0, 0.05) is 18.1 Å². The molecule has 136 valence electrons. The van der Waals surface area contributed by atoms with E-state index in [2.05, 4.69) is 14.4 Å². The molecule has 0 amide bonds. The molecule has 26 heavy (non-hydrogen) atoms. The van der Waals surface area contributed by atoms with Gasteiger partial charge in [0.15, 0.2) is 0 Å². The van der Waals surface area contributed by atoms with Crippen LogP contribution in [0.5, 0.6) is 10.9 Å². The predicted octanol–water partition coefficient (Wildman–Crippen LogP) is 3.26. The summed E-state index contributed by atoms with van der Waals surface area (Å²) >= 11 is 2.40. The van der Waals surface area contributed by atoms with Crippen LogP contribution >= 0.6 is 22.7 Å². The molecular formula is C16H14N2O5S3. The van der Waals surface area contributed by atoms with E-state index in [1.54, 1.807) is 30.5 Å². The Kier molecular flexibility index (Phi) is 5.67. The lowest BCUT2D eigenvalue weighted by atomic mass is 10.2. The summed E-state index contributed by atoms with van der Waals surface area (Å²) in [7, 11) is -2.62. The van der Waals surface area contributed by atoms with E-state index < -0.39 is 16.0 Å². The number of methoxy groups -OCH3 is 1. The zero-order valence-electron chi connectivity index (χ0n) is 13.5. The van der Waals surface area contributed by atoms with Crippen LogP contribution in [0.25, 0.3) is 0 Å². The monoisotopic (exact) mass is 410 g/mol. The number of carbonyl (C=O) groups is 1. The summed E-state index contributed by atoms with van der Waals surface area (Å²) in [6.07, 6.45) is 1.65. The molecule has 0 saturated carbocycles. The molecule has 0 atom stereocenters. The van der Waals surface area contributed by atoms with E-state index >= 15 is 0 Å². The second kappa shape index (κ2) is 7.96. The van der Waals surface area contributed by atoms with Crippen LogP contribution in [-0.2, 0) is 21.3 Å². The van der Waals surface area contributed by atoms with Crippen LogP contribution in [0.4, 0.5) is 0 Å². The zero-order valence-corrected chi connectivity index (χ0v) is 16.0. The van der Waals surface area contributed by atoms with Crippen LogP contribution in [0.2, 0.25) is 0 Å². The Morgan fingerprint density at radius 3 is 2.58 bits per heavy atom. The Labute approximate surface area is 158 Å². The van der Waals surface area contributed by atoms with E-state index in [9.17, 15) is 13.2 Å². The molecule has 3 aromatic rings. The number of ether oxygens (including phenoxy) is 2. The third-order valence-corrected chi connectivity index (χ3v) is 6.41. The first kappa shape index (κ1) is 18.5. The number of nitrogens with zero attached hydrogens (tertiary/aromatic N) is 1. The van der Waals surface area contributed by atoms with E-state index in [1.165, 1.54) is 29.9 Å². The van der Waals surface area contributed by atoms with Crippen molar-refractivity contribution in [2.75, 3.05) is 7.11 Å². The van der Waals surface area contributed by atoms with Gasteiger partial charge in [0.25, 0.3) is 5.19 Å². The van der Waals surface area contributed by atoms with Gasteiger partial charge in [0.1, 0.15) is 15.5 Å². The molecule has 0 unspecified atom stereocenters. The molecule has 0 aliphatic heterocycles. The molecule has 0 saturated heterocycles. The van der Waals surface area contributed by atoms with Crippen molar-refractivity contribution < 1.29 is 22.7 Å². The van der Waals surface area contributed by atoms with Crippen molar-refractivity contribution in [2.45, 2.75) is 11.4 Å². The van der Waals surface area contributed by atoms with E-state index in [0.29, 0.717) is 10.9 Å². The van der Waals surface area contributed by atoms with Crippen LogP contribution in [-0.4, -0.2) is 26.5 Å². The van der Waals surface area contributed by atoms with Crippen molar-refractivity contribution in [3.8, 4) is 10.9 Å². The number of sulfonamides is 1. The maximum Gasteiger partial charge on any atom is 0.349 e. The molecule has 10 heteroatoms. The SMILES string of the molecule is COC(=O)c1sccc1S(=O)(=O)NCc1ccc(Oc2nccs2)cc1. The summed E-state index contributed by atoms with van der Waals surface area (Å²) in [5.41, 5.74) is 0.745. The first-order chi connectivity index (χ1) is 12.5. The van der Waals surface area contributed by atoms with Crippen LogP contribution < -0.4 is 9.46 Å². The molecule has 7 nitrogen and oxygen atoms in total. The third kappa shape index (κ3) is 4.28. The van der Waals surface area contributed by atoms with Gasteiger partial charge in [-0.05, 0) is 29.1 Å². The first-order valence-electron chi connectivity index (χ1n) is 7.31. The van der Waals surface area contributed by atoms with Crippen molar-refractivity contribution in [3.63, 3.8) is 0 Å². The molecule has 2 aromatic heterocycles. The maximum absolute atomic E-state index is 12.4. The molecule has 2 heterocycles. The lowest BCUT2D eigenvalue weighted by Crippen LogP contribution is -2.24. The number of hydrogen-bond acceptors (Lipinski definition) is 8. The molecular weight excluding hydrogens is 396 g/mol. The van der Waals surface area contributed by atoms with E-state index in [1.807, 2.05) is 5.38 Å². The highest BCUT2D eigenvalue weighted by molar-refractivity contribution is 7.89. The molecule has 3 rings (SSSR count). The van der Waals surface area contributed by atoms with Crippen LogP contribution in [0, 0.1) is 0 Å². The van der Waals surface area contributed by atoms with Gasteiger partial charge in [-0.15, -0.1) is 11.3 Å². The lowest BCUT2D eigenvalue weighted by Gasteiger charge is -2.08. The highest BCUT2D eigenvalue weighted by Crippen LogP contribution is 2.24. The largest absolute Gasteiger partial charge is 0.465 e. The molecule has 0 aliphatic carbocycles. The van der Waals surface area contributed by atoms with Gasteiger partial charge in [-0.25, -0.2) is 22.9 Å². The Balaban J connectivity index is 1.66. The van der Waals surface area contributed by atoms with Gasteiger partial charge in [0.2, 0.25) is 10.0 Å². The van der Waals surface area contributed by atoms with Crippen LogP contribution in [0.15, 0.2) is 52.2 Å². The molecule has 0 fully saturated rings. The summed E-state index contributed by atoms with van der Waals surface area (Å²) in [6.45, 7) is 0.0797. The second-order valence-corrected chi connectivity index (χ2v) is 8.48. The molecule has 1 aromatic carbocycles. The number of rotatable bonds is 7. The number of carbonyl (C=O) groups excluding carboxylic acids is 1. The van der Waals surface area contributed by atoms with Gasteiger partial charge in [0.05, 0.1) is 7.11 Å². The lowest BCUT2D eigenvalue weighted by molar-refractivity contribution is 0.0602. The van der Waals surface area contributed by atoms with Gasteiger partial charge < -0.3 is 9.47 Å². The minimum absolute atomic E-state index is 0.0483. The Bertz CT molecular complexity index is 979. The van der Waals surface area contributed by atoms with Crippen molar-refractivity contribution >= 4 is 38.7 Å². The number of nitrogens with one attached hydrogen (secondary N) is 1. The number of aromatic nitrogens is 1. The van der Waals surface area contributed by atoms with Crippen molar-refractivity contribution in [1.82, 2.24) is 9.71 Å². The van der Waals surface area contributed by atoms with Gasteiger partial charge in [-0.3, -0.25) is 0 Å². The van der Waals surface area contributed by atoms with Crippen molar-refractivity contribution in [2.24, 2.45) is 0 Å². The van der Waals surface area contributed by atoms with Gasteiger partial charge >= 0.3 is 5.97 Å². The second-order valence-electron chi connectivity index (χ2n) is 4.97. The average molecular weight is 410 g/mol. The predicted molar refractivity (Wildman–Crippen MR) is 98.3 cm³/mol. The van der Waals surface area contributed by atoms with Crippen molar-refractivity contribution in [1.29, 1.82) is 0 Å². The Morgan fingerprint density at radius 1 is 1.15 bits per heavy atom. The van der Waals surface area contributed by atoms with Gasteiger partial charge in [-0.1, -0.05) is 23.5 Å². The van der Waals surface area contributed by atoms with E-state index in [4.69, 9.17) is 4.74 Å². The van der Waals surface area contributed by atoms with Crippen LogP contribution in [0.3, 0.4) is 0 Å². The first-order valence-corrected chi connectivity index (χ1v) is 10.6. The summed E-state index contributed by atoms with van der Waals surface area (Å²) in [5, 5.41) is 3.88. The third-order valence-electron chi connectivity index (χ3n) is 3.29. The van der Waals surface area contributed by atoms with E-state index in [0.717, 1.165) is 16.9 Å². The molecule has 0 aliphatic rings. The summed E-state index contributed by atoms with van der Waals surface area (Å²) in [4.78, 5) is 15.7. The Morgan fingerprint density at radius 2 is 1.92 bits per heavy atom. The zero-order chi connectivity index (χ0) is 18.6. The standard InChI is InChI=1S/C16H14N2O5S3/c1-22-15(19)14-13(6-8-24-14)26(20,21)18-10-11-2-4-12(5-3-11)23-16-17-7-9-25-16/h2-9,18H,10H2,1H3. The molecule has 0 spiro atoms. The average Bonchev–Trinajstić information content (AvgIpc) is 3.32. The fraction of sp³-hybridized carbons (Fsp3) is 0.125. The highest BCUT2D eigenvalue weighted by Gasteiger charge is 2.24. The fourth-order valence-corrected chi connectivity index (χ4v) is 4.90. The summed E-state index contributed by atoms with van der Waals surface area (Å²) < 4.78 is 37.5. The highest BCUT2D eigenvalue weighted by atomic mass is 32.2. The fourth-order valence-electron chi connectivity index (χ4n) is 2.04. The topological polar surface area (TPSA) is 94.6 Å². The molecule has 0 radical (unpaired) electrons. The normalized spacial score (nSPS) is 11.3. The van der Waals surface area contributed by atoms with Gasteiger partial charge in [-0.2, -0.15) is 0 Å². The minimum atomic E-state index is -3.83. The molecule has 1 N–H and O–H groups in total. The molecule has 0 bridgehead atoms. The number of benzene rings is 1. The minimum Gasteiger partial charge on any atom is -0.465 e. The Hall–Kier alpha value is -2.27. The summed E-state index contributed by atoms with van der Waals surface area (Å²) in [5.74, 6) is -0.0681. The smallest absolute Gasteiger partial charge is 0.349 e. The number of esters is 1. The number of hydrogen-bond donors (Lipinski definition) is 1. The van der Waals surface area contributed by atoms with E-state index in [-0.39, 0.29) is 16.3 Å². The maximum atomic E-state index is 12.4. The van der Waals surface area contributed by atoms with Crippen LogP contribution in [0.1, 0.15) is 15.2 Å². The number of thiophene rings is 1. The van der Waals surface area contributed by atoms with Crippen molar-refractivity contribution in [3.05, 3.63) is 57.7 Å². The number of thiazole rings is 1.